The molecule has 0 radical (unpaired) electrons. The Hall–Kier alpha value is -2.34. The lowest BCUT2D eigenvalue weighted by molar-refractivity contribution is 0.267. The van der Waals surface area contributed by atoms with Crippen molar-refractivity contribution in [1.82, 2.24) is 19.8 Å². The first-order valence-electron chi connectivity index (χ1n) is 9.06. The molecule has 1 atom stereocenters. The Bertz CT molecular complexity index is 679. The minimum Gasteiger partial charge on any atom is -0.370 e. The Balaban J connectivity index is 1.50. The van der Waals surface area contributed by atoms with E-state index >= 15 is 0 Å². The second-order valence-electron chi connectivity index (χ2n) is 6.56. The number of aromatic nitrogens is 2. The summed E-state index contributed by atoms with van der Waals surface area (Å²) in [6.45, 7) is 6.81. The number of aliphatic imine (C=N–C) groups is 1. The van der Waals surface area contributed by atoms with Crippen LogP contribution in [0.15, 0.2) is 48.0 Å². The van der Waals surface area contributed by atoms with Crippen LogP contribution in [0.25, 0.3) is 0 Å². The van der Waals surface area contributed by atoms with Gasteiger partial charge in [-0.25, -0.2) is 9.98 Å². The summed E-state index contributed by atoms with van der Waals surface area (Å²) in [6, 6.07) is 9.03. The molecular weight excluding hydrogens is 312 g/mol. The number of guanidine groups is 1. The van der Waals surface area contributed by atoms with Crippen LogP contribution in [-0.4, -0.2) is 46.1 Å². The predicted octanol–water partition coefficient (Wildman–Crippen LogP) is 1.82. The molecule has 0 spiro atoms. The molecule has 1 aromatic carbocycles. The van der Waals surface area contributed by atoms with Crippen LogP contribution in [-0.2, 0) is 13.1 Å². The number of hydrogen-bond donors (Lipinski definition) is 2. The van der Waals surface area contributed by atoms with Crippen LogP contribution < -0.4 is 11.1 Å². The van der Waals surface area contributed by atoms with Crippen molar-refractivity contribution in [3.8, 4) is 0 Å². The van der Waals surface area contributed by atoms with Crippen LogP contribution in [0.4, 0.5) is 0 Å². The molecule has 3 rings (SSSR count). The van der Waals surface area contributed by atoms with E-state index in [-0.39, 0.29) is 0 Å². The summed E-state index contributed by atoms with van der Waals surface area (Å²) in [5, 5.41) is 3.28. The van der Waals surface area contributed by atoms with E-state index in [0.29, 0.717) is 18.5 Å². The Morgan fingerprint density at radius 1 is 1.40 bits per heavy atom. The Kier molecular flexibility index (Phi) is 6.06. The number of likely N-dealkylation sites (N-methyl/N-ethyl adjacent to an activating group) is 1. The molecule has 1 unspecified atom stereocenters. The highest BCUT2D eigenvalue weighted by atomic mass is 15.2. The monoisotopic (exact) mass is 340 g/mol. The SMILES string of the molecule is CCN1CCCC1CNC(N)=NCc1cccc(Cn2ccnc2)c1. The maximum absolute atomic E-state index is 6.04. The fraction of sp³-hybridized carbons (Fsp3) is 0.474. The van der Waals surface area contributed by atoms with Crippen molar-refractivity contribution >= 4 is 5.96 Å². The normalized spacial score (nSPS) is 18.6. The zero-order valence-electron chi connectivity index (χ0n) is 14.9. The van der Waals surface area contributed by atoms with Gasteiger partial charge in [-0.15, -0.1) is 0 Å². The minimum absolute atomic E-state index is 0.531. The third-order valence-corrected chi connectivity index (χ3v) is 4.77. The van der Waals surface area contributed by atoms with Crippen molar-refractivity contribution in [2.24, 2.45) is 10.7 Å². The molecule has 6 nitrogen and oxygen atoms in total. The number of hydrogen-bond acceptors (Lipinski definition) is 3. The van der Waals surface area contributed by atoms with E-state index in [1.54, 1.807) is 6.20 Å². The smallest absolute Gasteiger partial charge is 0.188 e. The van der Waals surface area contributed by atoms with Crippen LogP contribution in [0.5, 0.6) is 0 Å². The molecule has 1 fully saturated rings. The summed E-state index contributed by atoms with van der Waals surface area (Å²) < 4.78 is 2.05. The number of imidazole rings is 1. The molecule has 1 aliphatic heterocycles. The Morgan fingerprint density at radius 3 is 3.08 bits per heavy atom. The maximum Gasteiger partial charge on any atom is 0.188 e. The second-order valence-corrected chi connectivity index (χ2v) is 6.56. The van der Waals surface area contributed by atoms with Gasteiger partial charge in [-0.2, -0.15) is 0 Å². The van der Waals surface area contributed by atoms with Crippen LogP contribution >= 0.6 is 0 Å². The average Bonchev–Trinajstić information content (AvgIpc) is 3.29. The summed E-state index contributed by atoms with van der Waals surface area (Å²) in [5.74, 6) is 0.531. The molecular formula is C19H28N6. The number of nitrogens with zero attached hydrogens (tertiary/aromatic N) is 4. The number of benzene rings is 1. The summed E-state index contributed by atoms with van der Waals surface area (Å²) >= 11 is 0. The lowest BCUT2D eigenvalue weighted by Gasteiger charge is -2.23. The molecule has 0 aliphatic carbocycles. The van der Waals surface area contributed by atoms with Gasteiger partial charge in [-0.1, -0.05) is 31.2 Å². The molecule has 0 saturated carbocycles. The molecule has 1 aliphatic rings. The number of nitrogens with two attached hydrogens (primary N) is 1. The highest BCUT2D eigenvalue weighted by molar-refractivity contribution is 5.77. The first-order chi connectivity index (χ1) is 12.2. The van der Waals surface area contributed by atoms with Gasteiger partial charge >= 0.3 is 0 Å². The van der Waals surface area contributed by atoms with E-state index in [9.17, 15) is 0 Å². The van der Waals surface area contributed by atoms with Gasteiger partial charge in [0.1, 0.15) is 0 Å². The van der Waals surface area contributed by atoms with E-state index in [1.165, 1.54) is 30.5 Å². The number of rotatable bonds is 7. The summed E-state index contributed by atoms with van der Waals surface area (Å²) in [5.41, 5.74) is 8.45. The van der Waals surface area contributed by atoms with Crippen LogP contribution in [0.3, 0.4) is 0 Å². The molecule has 1 aromatic heterocycles. The van der Waals surface area contributed by atoms with E-state index in [1.807, 2.05) is 12.5 Å². The zero-order valence-corrected chi connectivity index (χ0v) is 14.9. The average molecular weight is 340 g/mol. The lowest BCUT2D eigenvalue weighted by atomic mass is 10.1. The fourth-order valence-corrected chi connectivity index (χ4v) is 3.41. The first-order valence-corrected chi connectivity index (χ1v) is 9.06. The topological polar surface area (TPSA) is 71.5 Å². The molecule has 1 saturated heterocycles. The van der Waals surface area contributed by atoms with Crippen molar-refractivity contribution < 1.29 is 0 Å². The molecule has 2 heterocycles. The summed E-state index contributed by atoms with van der Waals surface area (Å²) in [6.07, 6.45) is 8.11. The fourth-order valence-electron chi connectivity index (χ4n) is 3.41. The lowest BCUT2D eigenvalue weighted by Crippen LogP contribution is -2.42. The van der Waals surface area contributed by atoms with Gasteiger partial charge in [0.25, 0.3) is 0 Å². The molecule has 25 heavy (non-hydrogen) atoms. The highest BCUT2D eigenvalue weighted by Crippen LogP contribution is 2.15. The Labute approximate surface area is 149 Å². The van der Waals surface area contributed by atoms with Gasteiger partial charge in [0.15, 0.2) is 5.96 Å². The quantitative estimate of drug-likeness (QED) is 0.596. The molecule has 134 valence electrons. The summed E-state index contributed by atoms with van der Waals surface area (Å²) in [7, 11) is 0. The van der Waals surface area contributed by atoms with Gasteiger partial charge < -0.3 is 15.6 Å². The van der Waals surface area contributed by atoms with Crippen molar-refractivity contribution in [2.75, 3.05) is 19.6 Å². The van der Waals surface area contributed by atoms with Gasteiger partial charge in [0.05, 0.1) is 12.9 Å². The van der Waals surface area contributed by atoms with Crippen molar-refractivity contribution in [3.05, 3.63) is 54.1 Å². The van der Waals surface area contributed by atoms with Crippen molar-refractivity contribution in [2.45, 2.75) is 38.9 Å². The molecule has 0 amide bonds. The van der Waals surface area contributed by atoms with Gasteiger partial charge in [0, 0.05) is 31.5 Å². The van der Waals surface area contributed by atoms with E-state index in [4.69, 9.17) is 5.73 Å². The van der Waals surface area contributed by atoms with Gasteiger partial charge in [-0.05, 0) is 37.1 Å². The Morgan fingerprint density at radius 2 is 2.28 bits per heavy atom. The van der Waals surface area contributed by atoms with Crippen molar-refractivity contribution in [3.63, 3.8) is 0 Å². The minimum atomic E-state index is 0.531. The zero-order chi connectivity index (χ0) is 17.5. The predicted molar refractivity (Wildman–Crippen MR) is 101 cm³/mol. The van der Waals surface area contributed by atoms with Gasteiger partial charge in [-0.3, -0.25) is 4.90 Å². The second kappa shape index (κ2) is 8.67. The highest BCUT2D eigenvalue weighted by Gasteiger charge is 2.22. The number of likely N-dealkylation sites (tertiary alicyclic amines) is 1. The number of nitrogens with one attached hydrogen (secondary N) is 1. The van der Waals surface area contributed by atoms with Crippen LogP contribution in [0.2, 0.25) is 0 Å². The van der Waals surface area contributed by atoms with E-state index in [0.717, 1.165) is 19.6 Å². The summed E-state index contributed by atoms with van der Waals surface area (Å²) in [4.78, 5) is 11.1. The van der Waals surface area contributed by atoms with Crippen LogP contribution in [0.1, 0.15) is 30.9 Å². The molecule has 0 bridgehead atoms. The standard InChI is InChI=1S/C19H28N6/c1-2-25-9-4-7-18(25)13-23-19(20)22-12-16-5-3-6-17(11-16)14-24-10-8-21-15-24/h3,5-6,8,10-11,15,18H,2,4,7,9,12-14H2,1H3,(H3,20,22,23). The third kappa shape index (κ3) is 5.06. The van der Waals surface area contributed by atoms with Crippen molar-refractivity contribution in [1.29, 1.82) is 0 Å². The molecule has 2 aromatic rings. The van der Waals surface area contributed by atoms with E-state index in [2.05, 4.69) is 55.9 Å². The molecule has 3 N–H and O–H groups in total. The van der Waals surface area contributed by atoms with E-state index < -0.39 is 0 Å². The third-order valence-electron chi connectivity index (χ3n) is 4.77. The molecule has 6 heteroatoms. The maximum atomic E-state index is 6.04. The largest absolute Gasteiger partial charge is 0.370 e. The first kappa shape index (κ1) is 17.5. The van der Waals surface area contributed by atoms with Crippen LogP contribution in [0, 0.1) is 0 Å². The van der Waals surface area contributed by atoms with Gasteiger partial charge in [0.2, 0.25) is 0 Å².